The molecule has 0 aliphatic carbocycles. The highest BCUT2D eigenvalue weighted by Gasteiger charge is 2.08. The van der Waals surface area contributed by atoms with Crippen LogP contribution in [0.25, 0.3) is 0 Å². The zero-order valence-corrected chi connectivity index (χ0v) is 10.4. The zero-order valence-electron chi connectivity index (χ0n) is 9.60. The first-order valence-corrected chi connectivity index (χ1v) is 5.85. The Morgan fingerprint density at radius 3 is 2.88 bits per heavy atom. The van der Waals surface area contributed by atoms with E-state index in [1.165, 1.54) is 11.8 Å². The van der Waals surface area contributed by atoms with Crippen LogP contribution in [-0.2, 0) is 6.42 Å². The van der Waals surface area contributed by atoms with Crippen LogP contribution in [0.15, 0.2) is 36.7 Å². The predicted octanol–water partition coefficient (Wildman–Crippen LogP) is 3.06. The second-order valence-corrected chi connectivity index (χ2v) is 4.50. The van der Waals surface area contributed by atoms with Gasteiger partial charge in [-0.2, -0.15) is 0 Å². The Bertz CT molecular complexity index is 514. The van der Waals surface area contributed by atoms with E-state index in [0.29, 0.717) is 11.1 Å². The summed E-state index contributed by atoms with van der Waals surface area (Å²) in [5.41, 5.74) is 8.65. The molecule has 88 valence electrons. The summed E-state index contributed by atoms with van der Waals surface area (Å²) in [5.74, 6) is 0.339. The van der Waals surface area contributed by atoms with Gasteiger partial charge in [-0.05, 0) is 30.0 Å². The van der Waals surface area contributed by atoms with E-state index >= 15 is 0 Å². The average Bonchev–Trinajstić information content (AvgIpc) is 2.29. The molecule has 4 heteroatoms. The molecule has 0 spiro atoms. The third-order valence-corrected chi connectivity index (χ3v) is 2.83. The molecule has 0 aliphatic heterocycles. The van der Waals surface area contributed by atoms with Gasteiger partial charge in [-0.25, -0.2) is 4.98 Å². The minimum atomic E-state index is 0.339. The van der Waals surface area contributed by atoms with Gasteiger partial charge < -0.3 is 5.73 Å². The molecule has 2 rings (SSSR count). The normalized spacial score (nSPS) is 12.4. The summed E-state index contributed by atoms with van der Waals surface area (Å²) in [5, 5.41) is 0.433. The van der Waals surface area contributed by atoms with Crippen LogP contribution in [0, 0.1) is 0 Å². The first kappa shape index (κ1) is 11.9. The largest absolute Gasteiger partial charge is 0.399 e. The van der Waals surface area contributed by atoms with E-state index in [-0.39, 0.29) is 0 Å². The molecule has 0 bridgehead atoms. The van der Waals surface area contributed by atoms with Crippen molar-refractivity contribution in [2.45, 2.75) is 19.3 Å². The van der Waals surface area contributed by atoms with Gasteiger partial charge in [0.25, 0.3) is 0 Å². The molecule has 1 aromatic carbocycles. The fraction of sp³-hybridized carbons (Fsp3) is 0.231. The van der Waals surface area contributed by atoms with Gasteiger partial charge in [-0.3, -0.25) is 4.98 Å². The summed E-state index contributed by atoms with van der Waals surface area (Å²) in [6.45, 7) is 2.14. The lowest BCUT2D eigenvalue weighted by Gasteiger charge is -2.11. The number of hydrogen-bond donors (Lipinski definition) is 1. The Labute approximate surface area is 106 Å². The van der Waals surface area contributed by atoms with Gasteiger partial charge in [-0.1, -0.05) is 30.7 Å². The molecule has 0 unspecified atom stereocenters. The molecule has 0 aliphatic rings. The lowest BCUT2D eigenvalue weighted by atomic mass is 9.96. The zero-order chi connectivity index (χ0) is 12.3. The quantitative estimate of drug-likeness (QED) is 0.848. The van der Waals surface area contributed by atoms with Gasteiger partial charge in [-0.15, -0.1) is 0 Å². The van der Waals surface area contributed by atoms with Crippen molar-refractivity contribution in [3.05, 3.63) is 53.1 Å². The Hall–Kier alpha value is -1.61. The SMILES string of the molecule is C[C@H](Cc1cncc(Cl)n1)c1cccc(N)c1. The molecule has 0 saturated heterocycles. The Morgan fingerprint density at radius 2 is 2.18 bits per heavy atom. The lowest BCUT2D eigenvalue weighted by molar-refractivity contribution is 0.737. The highest BCUT2D eigenvalue weighted by atomic mass is 35.5. The molecule has 3 nitrogen and oxygen atoms in total. The fourth-order valence-electron chi connectivity index (χ4n) is 1.78. The third kappa shape index (κ3) is 3.17. The number of nitrogens with two attached hydrogens (primary N) is 1. The van der Waals surface area contributed by atoms with Crippen molar-refractivity contribution in [1.82, 2.24) is 9.97 Å². The van der Waals surface area contributed by atoms with Crippen LogP contribution < -0.4 is 5.73 Å². The van der Waals surface area contributed by atoms with Crippen molar-refractivity contribution in [2.24, 2.45) is 0 Å². The van der Waals surface area contributed by atoms with Gasteiger partial charge in [0.1, 0.15) is 5.15 Å². The van der Waals surface area contributed by atoms with Gasteiger partial charge in [0, 0.05) is 11.9 Å². The number of anilines is 1. The first-order chi connectivity index (χ1) is 8.15. The third-order valence-electron chi connectivity index (χ3n) is 2.65. The molecule has 1 atom stereocenters. The average molecular weight is 248 g/mol. The van der Waals surface area contributed by atoms with Crippen LogP contribution in [0.5, 0.6) is 0 Å². The van der Waals surface area contributed by atoms with E-state index < -0.39 is 0 Å². The Kier molecular flexibility index (Phi) is 3.59. The van der Waals surface area contributed by atoms with Crippen LogP contribution in [0.1, 0.15) is 24.1 Å². The van der Waals surface area contributed by atoms with Gasteiger partial charge >= 0.3 is 0 Å². The molecule has 1 heterocycles. The molecule has 0 radical (unpaired) electrons. The summed E-state index contributed by atoms with van der Waals surface area (Å²) in [6.07, 6.45) is 4.09. The molecule has 0 amide bonds. The topological polar surface area (TPSA) is 51.8 Å². The maximum absolute atomic E-state index is 5.81. The number of nitrogens with zero attached hydrogens (tertiary/aromatic N) is 2. The van der Waals surface area contributed by atoms with Crippen molar-refractivity contribution in [1.29, 1.82) is 0 Å². The number of aromatic nitrogens is 2. The monoisotopic (exact) mass is 247 g/mol. The summed E-state index contributed by atoms with van der Waals surface area (Å²) in [4.78, 5) is 8.26. The van der Waals surface area contributed by atoms with Crippen LogP contribution in [0.2, 0.25) is 5.15 Å². The van der Waals surface area contributed by atoms with Crippen LogP contribution >= 0.6 is 11.6 Å². The maximum atomic E-state index is 5.81. The first-order valence-electron chi connectivity index (χ1n) is 5.47. The second-order valence-electron chi connectivity index (χ2n) is 4.11. The highest BCUT2D eigenvalue weighted by molar-refractivity contribution is 6.29. The minimum absolute atomic E-state index is 0.339. The number of benzene rings is 1. The highest BCUT2D eigenvalue weighted by Crippen LogP contribution is 2.21. The summed E-state index contributed by atoms with van der Waals surface area (Å²) < 4.78 is 0. The molecular formula is C13H14ClN3. The predicted molar refractivity (Wildman–Crippen MR) is 70.0 cm³/mol. The summed E-state index contributed by atoms with van der Waals surface area (Å²) in [7, 11) is 0. The lowest BCUT2D eigenvalue weighted by Crippen LogP contribution is -2.02. The van der Waals surface area contributed by atoms with E-state index in [1.807, 2.05) is 18.2 Å². The van der Waals surface area contributed by atoms with Gasteiger partial charge in [0.15, 0.2) is 0 Å². The second kappa shape index (κ2) is 5.15. The van der Waals surface area contributed by atoms with Crippen LogP contribution in [0.4, 0.5) is 5.69 Å². The van der Waals surface area contributed by atoms with Crippen molar-refractivity contribution >= 4 is 17.3 Å². The fourth-order valence-corrected chi connectivity index (χ4v) is 1.94. The summed E-state index contributed by atoms with van der Waals surface area (Å²) >= 11 is 5.81. The number of nitrogen functional groups attached to an aromatic ring is 1. The Morgan fingerprint density at radius 1 is 1.35 bits per heavy atom. The van der Waals surface area contributed by atoms with Crippen molar-refractivity contribution < 1.29 is 0 Å². The van der Waals surface area contributed by atoms with E-state index in [4.69, 9.17) is 17.3 Å². The number of rotatable bonds is 3. The van der Waals surface area contributed by atoms with E-state index in [1.54, 1.807) is 6.20 Å². The smallest absolute Gasteiger partial charge is 0.147 e. The molecule has 1 aromatic heterocycles. The molecule has 0 saturated carbocycles. The minimum Gasteiger partial charge on any atom is -0.399 e. The molecule has 2 N–H and O–H groups in total. The molecular weight excluding hydrogens is 234 g/mol. The van der Waals surface area contributed by atoms with Crippen LogP contribution in [0.3, 0.4) is 0 Å². The summed E-state index contributed by atoms with van der Waals surface area (Å²) in [6, 6.07) is 7.90. The standard InChI is InChI=1S/C13H14ClN3/c1-9(10-3-2-4-11(15)6-10)5-12-7-16-8-13(14)17-12/h2-4,6-9H,5,15H2,1H3/t9-/m1/s1. The number of halogens is 1. The molecule has 2 aromatic rings. The molecule has 17 heavy (non-hydrogen) atoms. The maximum Gasteiger partial charge on any atom is 0.147 e. The van der Waals surface area contributed by atoms with E-state index in [2.05, 4.69) is 23.0 Å². The molecule has 0 fully saturated rings. The van der Waals surface area contributed by atoms with Crippen molar-refractivity contribution in [3.63, 3.8) is 0 Å². The van der Waals surface area contributed by atoms with Gasteiger partial charge in [0.2, 0.25) is 0 Å². The van der Waals surface area contributed by atoms with Gasteiger partial charge in [0.05, 0.1) is 11.9 Å². The van der Waals surface area contributed by atoms with Crippen molar-refractivity contribution in [3.8, 4) is 0 Å². The Balaban J connectivity index is 2.14. The van der Waals surface area contributed by atoms with Crippen molar-refractivity contribution in [2.75, 3.05) is 5.73 Å². The van der Waals surface area contributed by atoms with E-state index in [0.717, 1.165) is 17.8 Å². The van der Waals surface area contributed by atoms with Crippen LogP contribution in [-0.4, -0.2) is 9.97 Å². The number of hydrogen-bond acceptors (Lipinski definition) is 3. The van der Waals surface area contributed by atoms with E-state index in [9.17, 15) is 0 Å².